The number of amides is 1. The highest BCUT2D eigenvalue weighted by atomic mass is 32.2. The molecule has 2 N–H and O–H groups in total. The lowest BCUT2D eigenvalue weighted by Crippen LogP contribution is -2.37. The Balaban J connectivity index is 1.55. The standard InChI is InChI=1S/C24H23FN4O2S/c25-17-11-5-7-13-19(17)29-23(31)22-21(16-10-4-6-12-18(16)27-22)28-24(29)32-14-20(30)26-15-8-2-1-3-9-15/h4-7,10-13,15,27H,1-3,8-9,14H2,(H,26,30). The fourth-order valence-electron chi connectivity index (χ4n) is 4.33. The molecular weight excluding hydrogens is 427 g/mol. The Bertz CT molecular complexity index is 1360. The van der Waals surface area contributed by atoms with Gasteiger partial charge in [0.2, 0.25) is 5.91 Å². The summed E-state index contributed by atoms with van der Waals surface area (Å²) >= 11 is 1.15. The predicted octanol–water partition coefficient (Wildman–Crippen LogP) is 4.55. The van der Waals surface area contributed by atoms with Gasteiger partial charge in [0.15, 0.2) is 5.16 Å². The number of benzene rings is 2. The number of aromatic nitrogens is 3. The number of rotatable bonds is 5. The quantitative estimate of drug-likeness (QED) is 0.345. The van der Waals surface area contributed by atoms with Crippen LogP contribution < -0.4 is 10.9 Å². The van der Waals surface area contributed by atoms with Crippen LogP contribution in [0, 0.1) is 5.82 Å². The van der Waals surface area contributed by atoms with Crippen molar-refractivity contribution >= 4 is 39.6 Å². The van der Waals surface area contributed by atoms with Crippen LogP contribution in [-0.2, 0) is 4.79 Å². The van der Waals surface area contributed by atoms with E-state index < -0.39 is 11.4 Å². The van der Waals surface area contributed by atoms with E-state index in [0.717, 1.165) is 48.3 Å². The minimum atomic E-state index is -0.527. The maximum Gasteiger partial charge on any atom is 0.283 e. The van der Waals surface area contributed by atoms with Crippen LogP contribution in [0.1, 0.15) is 32.1 Å². The third-order valence-electron chi connectivity index (χ3n) is 5.89. The molecule has 0 spiro atoms. The Labute approximate surface area is 188 Å². The molecule has 5 rings (SSSR count). The Morgan fingerprint density at radius 2 is 1.88 bits per heavy atom. The number of carbonyl (C=O) groups is 1. The number of carbonyl (C=O) groups excluding carboxylic acids is 1. The van der Waals surface area contributed by atoms with Crippen molar-refractivity contribution in [3.8, 4) is 5.69 Å². The lowest BCUT2D eigenvalue weighted by molar-refractivity contribution is -0.119. The molecule has 1 aliphatic carbocycles. The average molecular weight is 451 g/mol. The minimum Gasteiger partial charge on any atom is -0.353 e. The smallest absolute Gasteiger partial charge is 0.283 e. The predicted molar refractivity (Wildman–Crippen MR) is 125 cm³/mol. The van der Waals surface area contributed by atoms with Gasteiger partial charge in [-0.25, -0.2) is 9.37 Å². The number of halogens is 1. The zero-order valence-corrected chi connectivity index (χ0v) is 18.3. The largest absolute Gasteiger partial charge is 0.353 e. The van der Waals surface area contributed by atoms with Crippen LogP contribution in [0.4, 0.5) is 4.39 Å². The summed E-state index contributed by atoms with van der Waals surface area (Å²) in [5, 5.41) is 4.18. The first-order chi connectivity index (χ1) is 15.6. The van der Waals surface area contributed by atoms with E-state index >= 15 is 0 Å². The molecule has 0 unspecified atom stereocenters. The number of hydrogen-bond acceptors (Lipinski definition) is 4. The Morgan fingerprint density at radius 3 is 2.69 bits per heavy atom. The van der Waals surface area contributed by atoms with Crippen LogP contribution in [0.25, 0.3) is 27.6 Å². The molecular formula is C24H23FN4O2S. The van der Waals surface area contributed by atoms with E-state index in [9.17, 15) is 14.0 Å². The second-order valence-electron chi connectivity index (χ2n) is 8.07. The fraction of sp³-hybridized carbons (Fsp3) is 0.292. The second kappa shape index (κ2) is 8.78. The molecule has 0 aliphatic heterocycles. The van der Waals surface area contributed by atoms with Crippen molar-refractivity contribution in [2.24, 2.45) is 0 Å². The molecule has 1 amide bonds. The molecule has 0 radical (unpaired) electrons. The van der Waals surface area contributed by atoms with E-state index in [4.69, 9.17) is 4.98 Å². The van der Waals surface area contributed by atoms with E-state index in [1.54, 1.807) is 18.2 Å². The third kappa shape index (κ3) is 3.90. The highest BCUT2D eigenvalue weighted by Gasteiger charge is 2.21. The Hall–Kier alpha value is -3.13. The summed E-state index contributed by atoms with van der Waals surface area (Å²) in [6.45, 7) is 0. The highest BCUT2D eigenvalue weighted by Crippen LogP contribution is 2.27. The molecule has 0 bridgehead atoms. The monoisotopic (exact) mass is 450 g/mol. The van der Waals surface area contributed by atoms with Gasteiger partial charge in [-0.2, -0.15) is 0 Å². The summed E-state index contributed by atoms with van der Waals surface area (Å²) in [5.74, 6) is -0.527. The van der Waals surface area contributed by atoms with Crippen LogP contribution in [-0.4, -0.2) is 32.2 Å². The lowest BCUT2D eigenvalue weighted by atomic mass is 9.95. The van der Waals surface area contributed by atoms with Crippen LogP contribution in [0.15, 0.2) is 58.5 Å². The zero-order chi connectivity index (χ0) is 22.1. The van der Waals surface area contributed by atoms with E-state index in [2.05, 4.69) is 10.3 Å². The fourth-order valence-corrected chi connectivity index (χ4v) is 5.14. The third-order valence-corrected chi connectivity index (χ3v) is 6.83. The number of hydrogen-bond donors (Lipinski definition) is 2. The van der Waals surface area contributed by atoms with Crippen molar-refractivity contribution in [1.29, 1.82) is 0 Å². The summed E-state index contributed by atoms with van der Waals surface area (Å²) in [6, 6.07) is 13.8. The molecule has 1 aliphatic rings. The van der Waals surface area contributed by atoms with Crippen molar-refractivity contribution in [3.05, 3.63) is 64.7 Å². The van der Waals surface area contributed by atoms with Crippen LogP contribution in [0.2, 0.25) is 0 Å². The van der Waals surface area contributed by atoms with Crippen molar-refractivity contribution < 1.29 is 9.18 Å². The van der Waals surface area contributed by atoms with Gasteiger partial charge in [0.1, 0.15) is 16.9 Å². The van der Waals surface area contributed by atoms with Gasteiger partial charge >= 0.3 is 0 Å². The van der Waals surface area contributed by atoms with E-state index in [1.165, 1.54) is 17.1 Å². The number of thioether (sulfide) groups is 1. The van der Waals surface area contributed by atoms with E-state index in [-0.39, 0.29) is 28.5 Å². The van der Waals surface area contributed by atoms with Crippen molar-refractivity contribution in [2.75, 3.05) is 5.75 Å². The molecule has 2 aromatic carbocycles. The molecule has 6 nitrogen and oxygen atoms in total. The van der Waals surface area contributed by atoms with Gasteiger partial charge in [0.25, 0.3) is 5.56 Å². The summed E-state index contributed by atoms with van der Waals surface area (Å²) < 4.78 is 15.9. The van der Waals surface area contributed by atoms with E-state index in [1.807, 2.05) is 24.3 Å². The van der Waals surface area contributed by atoms with E-state index in [0.29, 0.717) is 11.0 Å². The Morgan fingerprint density at radius 1 is 1.12 bits per heavy atom. The van der Waals surface area contributed by atoms with Gasteiger partial charge in [-0.15, -0.1) is 0 Å². The number of nitrogens with zero attached hydrogens (tertiary/aromatic N) is 2. The van der Waals surface area contributed by atoms with Crippen LogP contribution >= 0.6 is 11.8 Å². The second-order valence-corrected chi connectivity index (χ2v) is 9.01. The molecule has 1 fully saturated rings. The van der Waals surface area contributed by atoms with Crippen molar-refractivity contribution in [3.63, 3.8) is 0 Å². The molecule has 1 saturated carbocycles. The van der Waals surface area contributed by atoms with Gasteiger partial charge in [-0.3, -0.25) is 14.2 Å². The SMILES string of the molecule is O=C(CSc1nc2c([nH]c3ccccc32)c(=O)n1-c1ccccc1F)NC1CCCCC1. The number of nitrogens with one attached hydrogen (secondary N) is 2. The molecule has 8 heteroatoms. The topological polar surface area (TPSA) is 79.8 Å². The summed E-state index contributed by atoms with van der Waals surface area (Å²) in [6.07, 6.45) is 5.46. The molecule has 2 aromatic heterocycles. The van der Waals surface area contributed by atoms with Crippen molar-refractivity contribution in [2.45, 2.75) is 43.3 Å². The average Bonchev–Trinajstić information content (AvgIpc) is 3.18. The lowest BCUT2D eigenvalue weighted by Gasteiger charge is -2.22. The molecule has 32 heavy (non-hydrogen) atoms. The molecule has 4 aromatic rings. The summed E-state index contributed by atoms with van der Waals surface area (Å²) in [5.41, 5.74) is 1.33. The first-order valence-electron chi connectivity index (χ1n) is 10.8. The first-order valence-corrected chi connectivity index (χ1v) is 11.8. The van der Waals surface area contributed by atoms with Gasteiger partial charge < -0.3 is 10.3 Å². The molecule has 164 valence electrons. The number of aromatic amines is 1. The molecule has 2 heterocycles. The van der Waals surface area contributed by atoms with Gasteiger partial charge in [-0.05, 0) is 31.0 Å². The number of para-hydroxylation sites is 2. The van der Waals surface area contributed by atoms with Gasteiger partial charge in [-0.1, -0.05) is 61.4 Å². The normalized spacial score (nSPS) is 14.8. The van der Waals surface area contributed by atoms with Gasteiger partial charge in [0.05, 0.1) is 11.4 Å². The maximum absolute atomic E-state index is 14.7. The van der Waals surface area contributed by atoms with Crippen LogP contribution in [0.3, 0.4) is 0 Å². The summed E-state index contributed by atoms with van der Waals surface area (Å²) in [4.78, 5) is 33.9. The van der Waals surface area contributed by atoms with Gasteiger partial charge in [0, 0.05) is 16.9 Å². The van der Waals surface area contributed by atoms with Crippen LogP contribution in [0.5, 0.6) is 0 Å². The number of H-pyrrole nitrogens is 1. The van der Waals surface area contributed by atoms with Crippen molar-refractivity contribution in [1.82, 2.24) is 19.9 Å². The highest BCUT2D eigenvalue weighted by molar-refractivity contribution is 7.99. The minimum absolute atomic E-state index is 0.102. The maximum atomic E-state index is 14.7. The molecule has 0 atom stereocenters. The Kier molecular flexibility index (Phi) is 5.70. The zero-order valence-electron chi connectivity index (χ0n) is 17.4. The first kappa shape index (κ1) is 20.8. The summed E-state index contributed by atoms with van der Waals surface area (Å²) in [7, 11) is 0. The number of fused-ring (bicyclic) bond motifs is 3. The molecule has 0 saturated heterocycles.